The molecule has 0 unspecified atom stereocenters. The largest absolute Gasteiger partial charge is 0.376 e. The number of rotatable bonds is 8. The Morgan fingerprint density at radius 3 is 2.59 bits per heavy atom. The predicted molar refractivity (Wildman–Crippen MR) is 106 cm³/mol. The van der Waals surface area contributed by atoms with E-state index in [0.29, 0.717) is 24.2 Å². The number of nitrogens with one attached hydrogen (secondary N) is 2. The maximum atomic E-state index is 12.5. The van der Waals surface area contributed by atoms with Crippen LogP contribution in [-0.2, 0) is 16.0 Å². The summed E-state index contributed by atoms with van der Waals surface area (Å²) in [6.07, 6.45) is 4.14. The maximum Gasteiger partial charge on any atom is 0.253 e. The van der Waals surface area contributed by atoms with Gasteiger partial charge in [-0.3, -0.25) is 9.59 Å². The van der Waals surface area contributed by atoms with E-state index in [0.717, 1.165) is 32.3 Å². The Balaban J connectivity index is 1.50. The molecule has 1 saturated heterocycles. The number of benzene rings is 2. The lowest BCUT2D eigenvalue weighted by Gasteiger charge is -2.14. The van der Waals surface area contributed by atoms with E-state index in [-0.39, 0.29) is 17.9 Å². The smallest absolute Gasteiger partial charge is 0.253 e. The van der Waals surface area contributed by atoms with Gasteiger partial charge in [-0.1, -0.05) is 42.5 Å². The van der Waals surface area contributed by atoms with Gasteiger partial charge in [-0.15, -0.1) is 0 Å². The summed E-state index contributed by atoms with van der Waals surface area (Å²) in [4.78, 5) is 24.8. The van der Waals surface area contributed by atoms with Crippen LogP contribution in [0.4, 0.5) is 5.69 Å². The quantitative estimate of drug-likeness (QED) is 0.751. The van der Waals surface area contributed by atoms with E-state index in [1.807, 2.05) is 24.3 Å². The standard InChI is InChI=1S/C22H26N2O3/c25-21(14-6-10-17-8-2-1-3-9-17)24-20-13-5-4-12-19(20)22(26)23-16-18-11-7-15-27-18/h1-5,8-9,12-13,18H,6-7,10-11,14-16H2,(H,23,26)(H,24,25)/t18-/m1/s1. The summed E-state index contributed by atoms with van der Waals surface area (Å²) in [5.41, 5.74) is 2.25. The Morgan fingerprint density at radius 1 is 1.04 bits per heavy atom. The molecule has 3 rings (SSSR count). The van der Waals surface area contributed by atoms with Crippen molar-refractivity contribution in [2.75, 3.05) is 18.5 Å². The minimum absolute atomic E-state index is 0.0784. The molecule has 2 aromatic rings. The average molecular weight is 366 g/mol. The molecular weight excluding hydrogens is 340 g/mol. The number of carbonyl (C=O) groups is 2. The van der Waals surface area contributed by atoms with Crippen molar-refractivity contribution in [3.63, 3.8) is 0 Å². The van der Waals surface area contributed by atoms with Crippen LogP contribution in [0.1, 0.15) is 41.6 Å². The number of carbonyl (C=O) groups excluding carboxylic acids is 2. The summed E-state index contributed by atoms with van der Waals surface area (Å²) in [5, 5.41) is 5.78. The van der Waals surface area contributed by atoms with Gasteiger partial charge in [0.15, 0.2) is 0 Å². The molecule has 2 N–H and O–H groups in total. The molecular formula is C22H26N2O3. The summed E-state index contributed by atoms with van der Waals surface area (Å²) in [6.45, 7) is 1.26. The normalized spacial score (nSPS) is 16.1. The van der Waals surface area contributed by atoms with E-state index in [1.54, 1.807) is 18.2 Å². The van der Waals surface area contributed by atoms with Crippen molar-refractivity contribution in [3.05, 3.63) is 65.7 Å². The molecule has 1 atom stereocenters. The van der Waals surface area contributed by atoms with Gasteiger partial charge in [0.1, 0.15) is 0 Å². The van der Waals surface area contributed by atoms with Gasteiger partial charge in [-0.2, -0.15) is 0 Å². The van der Waals surface area contributed by atoms with Crippen LogP contribution in [0.15, 0.2) is 54.6 Å². The Labute approximate surface area is 160 Å². The van der Waals surface area contributed by atoms with Crippen LogP contribution >= 0.6 is 0 Å². The second kappa shape index (κ2) is 9.88. The van der Waals surface area contributed by atoms with Crippen LogP contribution in [-0.4, -0.2) is 31.1 Å². The zero-order valence-corrected chi connectivity index (χ0v) is 15.4. The molecule has 0 aromatic heterocycles. The summed E-state index contributed by atoms with van der Waals surface area (Å²) in [6, 6.07) is 17.2. The first kappa shape index (κ1) is 19.1. The second-order valence-electron chi connectivity index (χ2n) is 6.78. The molecule has 0 radical (unpaired) electrons. The highest BCUT2D eigenvalue weighted by Gasteiger charge is 2.18. The SMILES string of the molecule is O=C(CCCc1ccccc1)Nc1ccccc1C(=O)NC[C@H]1CCCO1. The van der Waals surface area contributed by atoms with Crippen LogP contribution in [0.5, 0.6) is 0 Å². The van der Waals surface area contributed by atoms with Gasteiger partial charge in [0.2, 0.25) is 5.91 Å². The van der Waals surface area contributed by atoms with E-state index in [1.165, 1.54) is 5.56 Å². The number of ether oxygens (including phenoxy) is 1. The van der Waals surface area contributed by atoms with Crippen molar-refractivity contribution in [2.24, 2.45) is 0 Å². The van der Waals surface area contributed by atoms with Crippen molar-refractivity contribution in [2.45, 2.75) is 38.2 Å². The fourth-order valence-corrected chi connectivity index (χ4v) is 3.21. The molecule has 0 saturated carbocycles. The molecule has 27 heavy (non-hydrogen) atoms. The highest BCUT2D eigenvalue weighted by molar-refractivity contribution is 6.03. The number of amides is 2. The van der Waals surface area contributed by atoms with Crippen molar-refractivity contribution < 1.29 is 14.3 Å². The van der Waals surface area contributed by atoms with E-state index in [4.69, 9.17) is 4.74 Å². The number of para-hydroxylation sites is 1. The third-order valence-corrected chi connectivity index (χ3v) is 4.67. The fraction of sp³-hybridized carbons (Fsp3) is 0.364. The van der Waals surface area contributed by atoms with E-state index < -0.39 is 0 Å². The summed E-state index contributed by atoms with van der Waals surface area (Å²) >= 11 is 0. The molecule has 0 bridgehead atoms. The van der Waals surface area contributed by atoms with Crippen LogP contribution in [0.3, 0.4) is 0 Å². The molecule has 0 aliphatic carbocycles. The third kappa shape index (κ3) is 5.93. The number of hydrogen-bond acceptors (Lipinski definition) is 3. The molecule has 5 nitrogen and oxygen atoms in total. The molecule has 1 heterocycles. The third-order valence-electron chi connectivity index (χ3n) is 4.67. The van der Waals surface area contributed by atoms with E-state index in [2.05, 4.69) is 22.8 Å². The first-order valence-corrected chi connectivity index (χ1v) is 9.55. The minimum Gasteiger partial charge on any atom is -0.376 e. The van der Waals surface area contributed by atoms with E-state index in [9.17, 15) is 9.59 Å². The Morgan fingerprint density at radius 2 is 1.81 bits per heavy atom. The van der Waals surface area contributed by atoms with Crippen molar-refractivity contribution in [1.82, 2.24) is 5.32 Å². The topological polar surface area (TPSA) is 67.4 Å². The Bertz CT molecular complexity index is 755. The second-order valence-corrected chi connectivity index (χ2v) is 6.78. The molecule has 1 fully saturated rings. The predicted octanol–water partition coefficient (Wildman–Crippen LogP) is 3.56. The zero-order valence-electron chi connectivity index (χ0n) is 15.4. The van der Waals surface area contributed by atoms with Gasteiger partial charge in [-0.05, 0) is 43.4 Å². The first-order chi connectivity index (χ1) is 13.2. The van der Waals surface area contributed by atoms with Crippen LogP contribution < -0.4 is 10.6 Å². The lowest BCUT2D eigenvalue weighted by Crippen LogP contribution is -2.32. The molecule has 0 spiro atoms. The van der Waals surface area contributed by atoms with Gasteiger partial charge in [0.05, 0.1) is 17.4 Å². The number of anilines is 1. The van der Waals surface area contributed by atoms with Gasteiger partial charge in [-0.25, -0.2) is 0 Å². The highest BCUT2D eigenvalue weighted by Crippen LogP contribution is 2.17. The van der Waals surface area contributed by atoms with Crippen LogP contribution in [0, 0.1) is 0 Å². The summed E-state index contributed by atoms with van der Waals surface area (Å²) in [7, 11) is 0. The molecule has 142 valence electrons. The first-order valence-electron chi connectivity index (χ1n) is 9.55. The van der Waals surface area contributed by atoms with E-state index >= 15 is 0 Å². The lowest BCUT2D eigenvalue weighted by atomic mass is 10.1. The summed E-state index contributed by atoms with van der Waals surface area (Å²) < 4.78 is 5.53. The fourth-order valence-electron chi connectivity index (χ4n) is 3.21. The lowest BCUT2D eigenvalue weighted by molar-refractivity contribution is -0.116. The van der Waals surface area contributed by atoms with Crippen LogP contribution in [0.25, 0.3) is 0 Å². The van der Waals surface area contributed by atoms with Crippen molar-refractivity contribution in [1.29, 1.82) is 0 Å². The highest BCUT2D eigenvalue weighted by atomic mass is 16.5. The van der Waals surface area contributed by atoms with Gasteiger partial charge >= 0.3 is 0 Å². The molecule has 1 aliphatic heterocycles. The molecule has 2 amide bonds. The maximum absolute atomic E-state index is 12.5. The summed E-state index contributed by atoms with van der Waals surface area (Å²) in [5.74, 6) is -0.268. The van der Waals surface area contributed by atoms with Gasteiger partial charge in [0.25, 0.3) is 5.91 Å². The minimum atomic E-state index is -0.189. The Kier molecular flexibility index (Phi) is 6.99. The zero-order chi connectivity index (χ0) is 18.9. The van der Waals surface area contributed by atoms with Crippen molar-refractivity contribution in [3.8, 4) is 0 Å². The monoisotopic (exact) mass is 366 g/mol. The molecule has 1 aliphatic rings. The van der Waals surface area contributed by atoms with Gasteiger partial charge in [0, 0.05) is 19.6 Å². The van der Waals surface area contributed by atoms with Crippen molar-refractivity contribution >= 4 is 17.5 Å². The number of hydrogen-bond donors (Lipinski definition) is 2. The molecule has 5 heteroatoms. The number of aryl methyl sites for hydroxylation is 1. The average Bonchev–Trinajstić information content (AvgIpc) is 3.21. The van der Waals surface area contributed by atoms with Crippen LogP contribution in [0.2, 0.25) is 0 Å². The Hall–Kier alpha value is -2.66. The molecule has 2 aromatic carbocycles. The van der Waals surface area contributed by atoms with Gasteiger partial charge < -0.3 is 15.4 Å².